The number of aromatic nitrogens is 1. The van der Waals surface area contributed by atoms with Crippen LogP contribution in [0.4, 0.5) is 5.13 Å². The molecule has 1 amide bonds. The molecule has 0 saturated heterocycles. The van der Waals surface area contributed by atoms with Crippen LogP contribution in [0.3, 0.4) is 0 Å². The molecule has 96 valence electrons. The molecule has 6 heteroatoms. The molecule has 2 heterocycles. The SMILES string of the molecule is CSc1cccc2sc(NC(=O)c3cccs3)nc12. The summed E-state index contributed by atoms with van der Waals surface area (Å²) in [6.45, 7) is 0. The Hall–Kier alpha value is -1.37. The Morgan fingerprint density at radius 3 is 2.95 bits per heavy atom. The number of rotatable bonds is 3. The minimum atomic E-state index is -0.0974. The van der Waals surface area contributed by atoms with Gasteiger partial charge in [0.1, 0.15) is 0 Å². The average Bonchev–Trinajstić information content (AvgIpc) is 3.06. The van der Waals surface area contributed by atoms with E-state index in [4.69, 9.17) is 0 Å². The smallest absolute Gasteiger partial charge is 0.267 e. The van der Waals surface area contributed by atoms with Gasteiger partial charge in [-0.25, -0.2) is 4.98 Å². The number of nitrogens with zero attached hydrogens (tertiary/aromatic N) is 1. The van der Waals surface area contributed by atoms with Gasteiger partial charge in [0.2, 0.25) is 0 Å². The average molecular weight is 306 g/mol. The highest BCUT2D eigenvalue weighted by atomic mass is 32.2. The predicted molar refractivity (Wildman–Crippen MR) is 83.7 cm³/mol. The highest BCUT2D eigenvalue weighted by Gasteiger charge is 2.12. The van der Waals surface area contributed by atoms with E-state index in [0.29, 0.717) is 10.0 Å². The van der Waals surface area contributed by atoms with Crippen LogP contribution < -0.4 is 5.32 Å². The zero-order valence-corrected chi connectivity index (χ0v) is 12.5. The van der Waals surface area contributed by atoms with Crippen LogP contribution in [0.15, 0.2) is 40.6 Å². The standard InChI is InChI=1S/C13H10N2OS3/c1-17-8-4-2-5-9-11(8)14-13(19-9)15-12(16)10-6-3-7-18-10/h2-7H,1H3,(H,14,15,16). The summed E-state index contributed by atoms with van der Waals surface area (Å²) in [5.74, 6) is -0.0974. The Balaban J connectivity index is 1.92. The van der Waals surface area contributed by atoms with Crippen molar-refractivity contribution in [1.29, 1.82) is 0 Å². The Labute approximate surface area is 122 Å². The van der Waals surface area contributed by atoms with Crippen molar-refractivity contribution in [2.45, 2.75) is 4.90 Å². The monoisotopic (exact) mass is 306 g/mol. The first-order chi connectivity index (χ1) is 9.28. The number of amides is 1. The van der Waals surface area contributed by atoms with E-state index >= 15 is 0 Å². The van der Waals surface area contributed by atoms with Crippen molar-refractivity contribution in [3.63, 3.8) is 0 Å². The molecule has 0 spiro atoms. The van der Waals surface area contributed by atoms with Crippen molar-refractivity contribution >= 4 is 55.7 Å². The summed E-state index contributed by atoms with van der Waals surface area (Å²) in [6.07, 6.45) is 2.03. The highest BCUT2D eigenvalue weighted by molar-refractivity contribution is 7.98. The number of para-hydroxylation sites is 1. The number of fused-ring (bicyclic) bond motifs is 1. The Morgan fingerprint density at radius 1 is 1.32 bits per heavy atom. The molecular weight excluding hydrogens is 296 g/mol. The minimum Gasteiger partial charge on any atom is -0.297 e. The van der Waals surface area contributed by atoms with E-state index in [1.54, 1.807) is 17.8 Å². The predicted octanol–water partition coefficient (Wildman–Crippen LogP) is 4.33. The first-order valence-corrected chi connectivity index (χ1v) is 8.48. The van der Waals surface area contributed by atoms with Gasteiger partial charge >= 0.3 is 0 Å². The summed E-state index contributed by atoms with van der Waals surface area (Å²) < 4.78 is 1.09. The molecule has 3 aromatic rings. The second-order valence-corrected chi connectivity index (χ2v) is 6.58. The van der Waals surface area contributed by atoms with Gasteiger partial charge in [-0.05, 0) is 29.8 Å². The molecule has 0 bridgehead atoms. The van der Waals surface area contributed by atoms with E-state index in [9.17, 15) is 4.79 Å². The van der Waals surface area contributed by atoms with Crippen LogP contribution in [-0.4, -0.2) is 17.1 Å². The number of nitrogens with one attached hydrogen (secondary N) is 1. The summed E-state index contributed by atoms with van der Waals surface area (Å²) >= 11 is 4.59. The van der Waals surface area contributed by atoms with Crippen LogP contribution in [0, 0.1) is 0 Å². The van der Waals surface area contributed by atoms with Gasteiger partial charge in [-0.2, -0.15) is 0 Å². The number of hydrogen-bond donors (Lipinski definition) is 1. The number of anilines is 1. The topological polar surface area (TPSA) is 42.0 Å². The van der Waals surface area contributed by atoms with E-state index in [-0.39, 0.29) is 5.91 Å². The largest absolute Gasteiger partial charge is 0.297 e. The summed E-state index contributed by atoms with van der Waals surface area (Å²) in [5, 5.41) is 5.39. The summed E-state index contributed by atoms with van der Waals surface area (Å²) in [7, 11) is 0. The van der Waals surface area contributed by atoms with E-state index in [2.05, 4.69) is 10.3 Å². The maximum Gasteiger partial charge on any atom is 0.267 e. The van der Waals surface area contributed by atoms with Crippen LogP contribution >= 0.6 is 34.4 Å². The van der Waals surface area contributed by atoms with Gasteiger partial charge in [0.15, 0.2) is 5.13 Å². The normalized spacial score (nSPS) is 10.8. The number of thioether (sulfide) groups is 1. The van der Waals surface area contributed by atoms with Crippen molar-refractivity contribution in [3.05, 3.63) is 40.6 Å². The highest BCUT2D eigenvalue weighted by Crippen LogP contribution is 2.32. The molecule has 0 aliphatic carbocycles. The zero-order chi connectivity index (χ0) is 13.2. The second kappa shape index (κ2) is 5.32. The Bertz CT molecular complexity index is 719. The first kappa shape index (κ1) is 12.7. The molecule has 0 unspecified atom stereocenters. The lowest BCUT2D eigenvalue weighted by molar-refractivity contribution is 0.103. The molecule has 0 saturated carbocycles. The third kappa shape index (κ3) is 2.51. The summed E-state index contributed by atoms with van der Waals surface area (Å²) in [4.78, 5) is 18.3. The van der Waals surface area contributed by atoms with E-state index < -0.39 is 0 Å². The number of thiazole rings is 1. The quantitative estimate of drug-likeness (QED) is 0.732. The van der Waals surface area contributed by atoms with Gasteiger partial charge in [0, 0.05) is 4.90 Å². The molecule has 1 N–H and O–H groups in total. The van der Waals surface area contributed by atoms with Crippen LogP contribution in [0.5, 0.6) is 0 Å². The fourth-order valence-electron chi connectivity index (χ4n) is 1.71. The number of hydrogen-bond acceptors (Lipinski definition) is 5. The maximum absolute atomic E-state index is 12.0. The minimum absolute atomic E-state index is 0.0974. The molecule has 0 fully saturated rings. The van der Waals surface area contributed by atoms with Crippen LogP contribution in [0.2, 0.25) is 0 Å². The van der Waals surface area contributed by atoms with Gasteiger partial charge in [0.25, 0.3) is 5.91 Å². The lowest BCUT2D eigenvalue weighted by Crippen LogP contribution is -2.09. The van der Waals surface area contributed by atoms with Crippen LogP contribution in [0.25, 0.3) is 10.2 Å². The molecule has 0 aliphatic heterocycles. The molecule has 0 atom stereocenters. The lowest BCUT2D eigenvalue weighted by atomic mass is 10.3. The molecule has 19 heavy (non-hydrogen) atoms. The summed E-state index contributed by atoms with van der Waals surface area (Å²) in [5.41, 5.74) is 0.960. The lowest BCUT2D eigenvalue weighted by Gasteiger charge is -1.97. The van der Waals surface area contributed by atoms with Crippen molar-refractivity contribution in [1.82, 2.24) is 4.98 Å². The first-order valence-electron chi connectivity index (χ1n) is 5.56. The van der Waals surface area contributed by atoms with Gasteiger partial charge in [-0.15, -0.1) is 23.1 Å². The third-order valence-corrected chi connectivity index (χ3v) is 5.14. The molecule has 2 aromatic heterocycles. The molecule has 0 aliphatic rings. The van der Waals surface area contributed by atoms with E-state index in [0.717, 1.165) is 15.1 Å². The van der Waals surface area contributed by atoms with E-state index in [1.807, 2.05) is 35.9 Å². The van der Waals surface area contributed by atoms with Crippen molar-refractivity contribution < 1.29 is 4.79 Å². The zero-order valence-electron chi connectivity index (χ0n) is 10.0. The number of thiophene rings is 1. The Morgan fingerprint density at radius 2 is 2.21 bits per heavy atom. The van der Waals surface area contributed by atoms with E-state index in [1.165, 1.54) is 22.7 Å². The van der Waals surface area contributed by atoms with Gasteiger partial charge in [-0.1, -0.05) is 23.5 Å². The summed E-state index contributed by atoms with van der Waals surface area (Å²) in [6, 6.07) is 9.74. The number of carbonyl (C=O) groups excluding carboxylic acids is 1. The number of carbonyl (C=O) groups is 1. The number of benzene rings is 1. The van der Waals surface area contributed by atoms with Gasteiger partial charge < -0.3 is 0 Å². The molecule has 3 nitrogen and oxygen atoms in total. The fraction of sp³-hybridized carbons (Fsp3) is 0.0769. The van der Waals surface area contributed by atoms with Gasteiger partial charge in [0.05, 0.1) is 15.1 Å². The van der Waals surface area contributed by atoms with Crippen molar-refractivity contribution in [3.8, 4) is 0 Å². The maximum atomic E-state index is 12.0. The molecule has 3 rings (SSSR count). The molecule has 0 radical (unpaired) electrons. The molecular formula is C13H10N2OS3. The van der Waals surface area contributed by atoms with Gasteiger partial charge in [-0.3, -0.25) is 10.1 Å². The fourth-order valence-corrected chi connectivity index (χ4v) is 3.84. The third-order valence-electron chi connectivity index (χ3n) is 2.57. The van der Waals surface area contributed by atoms with Crippen molar-refractivity contribution in [2.75, 3.05) is 11.6 Å². The van der Waals surface area contributed by atoms with Crippen molar-refractivity contribution in [2.24, 2.45) is 0 Å². The second-order valence-electron chi connectivity index (χ2n) is 3.76. The van der Waals surface area contributed by atoms with Crippen LogP contribution in [-0.2, 0) is 0 Å². The molecule has 1 aromatic carbocycles. The Kier molecular flexibility index (Phi) is 3.54. The van der Waals surface area contributed by atoms with Crippen LogP contribution in [0.1, 0.15) is 9.67 Å².